The summed E-state index contributed by atoms with van der Waals surface area (Å²) in [6, 6.07) is 14.6. The molecule has 3 aromatic rings. The minimum atomic E-state index is -0.307. The molecule has 0 atom stereocenters. The van der Waals surface area contributed by atoms with Crippen LogP contribution in [0, 0.1) is 12.7 Å². The zero-order chi connectivity index (χ0) is 18.9. The van der Waals surface area contributed by atoms with Crippen LogP contribution in [0.25, 0.3) is 10.9 Å². The van der Waals surface area contributed by atoms with Gasteiger partial charge in [0.2, 0.25) is 0 Å². The lowest BCUT2D eigenvalue weighted by atomic mass is 9.74. The van der Waals surface area contributed by atoms with Gasteiger partial charge in [-0.3, -0.25) is 4.79 Å². The number of hydrogen-bond donors (Lipinski definition) is 2. The van der Waals surface area contributed by atoms with Gasteiger partial charge in [-0.25, -0.2) is 4.39 Å². The molecule has 5 heteroatoms. The van der Waals surface area contributed by atoms with Crippen LogP contribution in [0.5, 0.6) is 0 Å². The molecule has 1 fully saturated rings. The number of halogens is 1. The summed E-state index contributed by atoms with van der Waals surface area (Å²) in [6.45, 7) is 3.70. The Hall–Kier alpha value is -2.66. The van der Waals surface area contributed by atoms with E-state index in [4.69, 9.17) is 4.74 Å². The van der Waals surface area contributed by atoms with E-state index >= 15 is 0 Å². The number of carbonyl (C=O) groups is 1. The topological polar surface area (TPSA) is 54.1 Å². The SMILES string of the molecule is Cc1ccc2[nH]c(C(=O)NCC3(c4cccc(F)c4)CCOCC3)cc2c1. The molecule has 140 valence electrons. The first-order chi connectivity index (χ1) is 13.1. The molecule has 2 aromatic carbocycles. The Kier molecular flexibility index (Phi) is 4.70. The molecule has 2 N–H and O–H groups in total. The number of ether oxygens (including phenoxy) is 1. The maximum Gasteiger partial charge on any atom is 0.267 e. The van der Waals surface area contributed by atoms with Crippen LogP contribution in [-0.2, 0) is 10.2 Å². The average Bonchev–Trinajstić information content (AvgIpc) is 3.10. The lowest BCUT2D eigenvalue weighted by Gasteiger charge is -2.38. The van der Waals surface area contributed by atoms with Crippen molar-refractivity contribution in [2.45, 2.75) is 25.2 Å². The first-order valence-electron chi connectivity index (χ1n) is 9.27. The van der Waals surface area contributed by atoms with Crippen LogP contribution in [0.1, 0.15) is 34.5 Å². The van der Waals surface area contributed by atoms with Crippen LogP contribution in [0.3, 0.4) is 0 Å². The highest BCUT2D eigenvalue weighted by Crippen LogP contribution is 2.34. The summed E-state index contributed by atoms with van der Waals surface area (Å²) in [5, 5.41) is 4.07. The molecule has 1 amide bonds. The predicted molar refractivity (Wildman–Crippen MR) is 103 cm³/mol. The number of hydrogen-bond acceptors (Lipinski definition) is 2. The van der Waals surface area contributed by atoms with Gasteiger partial charge in [-0.15, -0.1) is 0 Å². The number of aryl methyl sites for hydroxylation is 1. The molecule has 1 aromatic heterocycles. The smallest absolute Gasteiger partial charge is 0.267 e. The summed E-state index contributed by atoms with van der Waals surface area (Å²) >= 11 is 0. The monoisotopic (exact) mass is 366 g/mol. The van der Waals surface area contributed by atoms with E-state index in [0.717, 1.165) is 34.9 Å². The number of nitrogens with one attached hydrogen (secondary N) is 2. The van der Waals surface area contributed by atoms with Crippen molar-refractivity contribution in [1.29, 1.82) is 0 Å². The first kappa shape index (κ1) is 17.7. The molecule has 0 bridgehead atoms. The Bertz CT molecular complexity index is 973. The van der Waals surface area contributed by atoms with E-state index in [1.54, 1.807) is 12.1 Å². The van der Waals surface area contributed by atoms with Gasteiger partial charge in [0, 0.05) is 36.1 Å². The first-order valence-corrected chi connectivity index (χ1v) is 9.27. The van der Waals surface area contributed by atoms with Crippen molar-refractivity contribution in [2.24, 2.45) is 0 Å². The molecule has 0 radical (unpaired) electrons. The molecule has 1 saturated heterocycles. The highest BCUT2D eigenvalue weighted by atomic mass is 19.1. The Labute approximate surface area is 157 Å². The van der Waals surface area contributed by atoms with Crippen molar-refractivity contribution >= 4 is 16.8 Å². The van der Waals surface area contributed by atoms with Crippen molar-refractivity contribution in [3.05, 3.63) is 71.2 Å². The standard InChI is InChI=1S/C22H23FN2O2/c1-15-5-6-19-16(11-15)12-20(25-19)21(26)24-14-22(7-9-27-10-8-22)17-3-2-4-18(23)13-17/h2-6,11-13,25H,7-10,14H2,1H3,(H,24,26). The lowest BCUT2D eigenvalue weighted by molar-refractivity contribution is 0.0486. The molecule has 0 spiro atoms. The third kappa shape index (κ3) is 3.60. The minimum absolute atomic E-state index is 0.147. The Morgan fingerprint density at radius 2 is 2.00 bits per heavy atom. The van der Waals surface area contributed by atoms with E-state index in [-0.39, 0.29) is 17.1 Å². The molecular weight excluding hydrogens is 343 g/mol. The van der Waals surface area contributed by atoms with Gasteiger partial charge < -0.3 is 15.0 Å². The maximum atomic E-state index is 13.8. The second-order valence-corrected chi connectivity index (χ2v) is 7.36. The van der Waals surface area contributed by atoms with E-state index in [1.807, 2.05) is 31.2 Å². The fourth-order valence-corrected chi connectivity index (χ4v) is 3.87. The van der Waals surface area contributed by atoms with Gasteiger partial charge in [0.05, 0.1) is 0 Å². The zero-order valence-electron chi connectivity index (χ0n) is 15.3. The Morgan fingerprint density at radius 3 is 2.78 bits per heavy atom. The number of rotatable bonds is 4. The van der Waals surface area contributed by atoms with Crippen LogP contribution in [0.15, 0.2) is 48.5 Å². The number of H-pyrrole nitrogens is 1. The number of fused-ring (bicyclic) bond motifs is 1. The van der Waals surface area contributed by atoms with E-state index in [9.17, 15) is 9.18 Å². The fourth-order valence-electron chi connectivity index (χ4n) is 3.87. The van der Waals surface area contributed by atoms with Crippen molar-refractivity contribution in [1.82, 2.24) is 10.3 Å². The molecule has 0 saturated carbocycles. The van der Waals surface area contributed by atoms with Gasteiger partial charge >= 0.3 is 0 Å². The molecule has 4 nitrogen and oxygen atoms in total. The number of benzene rings is 2. The maximum absolute atomic E-state index is 13.8. The van der Waals surface area contributed by atoms with E-state index < -0.39 is 0 Å². The predicted octanol–water partition coefficient (Wildman–Crippen LogP) is 4.09. The molecule has 4 rings (SSSR count). The molecule has 1 aliphatic heterocycles. The highest BCUT2D eigenvalue weighted by molar-refractivity contribution is 5.98. The minimum Gasteiger partial charge on any atom is -0.381 e. The van der Waals surface area contributed by atoms with Crippen molar-refractivity contribution < 1.29 is 13.9 Å². The molecule has 1 aliphatic rings. The van der Waals surface area contributed by atoms with Gasteiger partial charge in [-0.2, -0.15) is 0 Å². The van der Waals surface area contributed by atoms with Crippen molar-refractivity contribution in [3.8, 4) is 0 Å². The summed E-state index contributed by atoms with van der Waals surface area (Å²) in [4.78, 5) is 15.9. The summed E-state index contributed by atoms with van der Waals surface area (Å²) < 4.78 is 19.3. The quantitative estimate of drug-likeness (QED) is 0.731. The number of amides is 1. The number of aromatic nitrogens is 1. The van der Waals surface area contributed by atoms with Crippen LogP contribution in [0.4, 0.5) is 4.39 Å². The zero-order valence-corrected chi connectivity index (χ0v) is 15.3. The van der Waals surface area contributed by atoms with Gasteiger partial charge in [0.25, 0.3) is 5.91 Å². The Balaban J connectivity index is 1.55. The Morgan fingerprint density at radius 1 is 1.19 bits per heavy atom. The molecule has 27 heavy (non-hydrogen) atoms. The second kappa shape index (κ2) is 7.16. The summed E-state index contributed by atoms with van der Waals surface area (Å²) in [7, 11) is 0. The van der Waals surface area contributed by atoms with Crippen LogP contribution in [-0.4, -0.2) is 30.6 Å². The molecule has 2 heterocycles. The fraction of sp³-hybridized carbons (Fsp3) is 0.318. The van der Waals surface area contributed by atoms with E-state index in [0.29, 0.717) is 25.5 Å². The largest absolute Gasteiger partial charge is 0.381 e. The van der Waals surface area contributed by atoms with Crippen LogP contribution >= 0.6 is 0 Å². The van der Waals surface area contributed by atoms with Gasteiger partial charge in [-0.1, -0.05) is 23.8 Å². The third-order valence-corrected chi connectivity index (χ3v) is 5.50. The lowest BCUT2D eigenvalue weighted by Crippen LogP contribution is -2.44. The summed E-state index contributed by atoms with van der Waals surface area (Å²) in [5.74, 6) is -0.401. The van der Waals surface area contributed by atoms with Gasteiger partial charge in [0.1, 0.15) is 11.5 Å². The average molecular weight is 366 g/mol. The van der Waals surface area contributed by atoms with Crippen molar-refractivity contribution in [2.75, 3.05) is 19.8 Å². The van der Waals surface area contributed by atoms with E-state index in [1.165, 1.54) is 6.07 Å². The van der Waals surface area contributed by atoms with Crippen LogP contribution < -0.4 is 5.32 Å². The summed E-state index contributed by atoms with van der Waals surface area (Å²) in [5.41, 5.74) is 3.24. The van der Waals surface area contributed by atoms with E-state index in [2.05, 4.69) is 16.4 Å². The number of aromatic amines is 1. The molecule has 0 aliphatic carbocycles. The normalized spacial score (nSPS) is 16.4. The third-order valence-electron chi connectivity index (χ3n) is 5.50. The molecule has 0 unspecified atom stereocenters. The number of carbonyl (C=O) groups excluding carboxylic acids is 1. The van der Waals surface area contributed by atoms with Crippen molar-refractivity contribution in [3.63, 3.8) is 0 Å². The van der Waals surface area contributed by atoms with Gasteiger partial charge in [0.15, 0.2) is 0 Å². The summed E-state index contributed by atoms with van der Waals surface area (Å²) in [6.07, 6.45) is 1.51. The van der Waals surface area contributed by atoms with Crippen LogP contribution in [0.2, 0.25) is 0 Å². The molecular formula is C22H23FN2O2. The van der Waals surface area contributed by atoms with Gasteiger partial charge in [-0.05, 0) is 55.7 Å². The highest BCUT2D eigenvalue weighted by Gasteiger charge is 2.35. The second-order valence-electron chi connectivity index (χ2n) is 7.36.